The lowest BCUT2D eigenvalue weighted by Crippen LogP contribution is -2.22. The SMILES string of the molecule is O=S(=O)(O)OCCCCN1c2ccccc2Sc2ccc(Cl)cc21. The summed E-state index contributed by atoms with van der Waals surface area (Å²) in [7, 11) is -4.37. The van der Waals surface area contributed by atoms with Crippen molar-refractivity contribution < 1.29 is 17.2 Å². The molecule has 0 saturated heterocycles. The maximum atomic E-state index is 10.6. The van der Waals surface area contributed by atoms with Gasteiger partial charge in [0.25, 0.3) is 0 Å². The van der Waals surface area contributed by atoms with Gasteiger partial charge >= 0.3 is 10.4 Å². The molecule has 8 heteroatoms. The predicted octanol–water partition coefficient (Wildman–Crippen LogP) is 4.54. The molecule has 0 unspecified atom stereocenters. The third-order valence-corrected chi connectivity index (χ3v) is 5.43. The van der Waals surface area contributed by atoms with E-state index in [4.69, 9.17) is 16.2 Å². The second kappa shape index (κ2) is 7.33. The number of benzene rings is 2. The predicted molar refractivity (Wildman–Crippen MR) is 95.8 cm³/mol. The standard InChI is InChI=1S/C16H16ClNO4S2/c17-12-7-8-16-14(11-12)18(9-3-4-10-22-24(19,20)21)13-5-1-2-6-15(13)23-16/h1-2,5-8,11H,3-4,9-10H2,(H,19,20,21). The van der Waals surface area contributed by atoms with Crippen molar-refractivity contribution in [1.29, 1.82) is 0 Å². The number of hydrogen-bond acceptors (Lipinski definition) is 5. The minimum Gasteiger partial charge on any atom is -0.340 e. The molecule has 0 amide bonds. The second-order valence-corrected chi connectivity index (χ2v) is 7.90. The fourth-order valence-corrected chi connectivity index (χ4v) is 4.15. The van der Waals surface area contributed by atoms with Crippen LogP contribution in [0.2, 0.25) is 5.02 Å². The van der Waals surface area contributed by atoms with E-state index in [-0.39, 0.29) is 6.61 Å². The highest BCUT2D eigenvalue weighted by Crippen LogP contribution is 2.48. The van der Waals surface area contributed by atoms with Crippen LogP contribution in [-0.4, -0.2) is 26.1 Å². The van der Waals surface area contributed by atoms with Crippen molar-refractivity contribution >= 4 is 45.1 Å². The smallest absolute Gasteiger partial charge is 0.340 e. The van der Waals surface area contributed by atoms with Crippen LogP contribution in [0.4, 0.5) is 11.4 Å². The quantitative estimate of drug-likeness (QED) is 0.581. The lowest BCUT2D eigenvalue weighted by molar-refractivity contribution is 0.263. The molecule has 24 heavy (non-hydrogen) atoms. The van der Waals surface area contributed by atoms with Crippen molar-refractivity contribution in [2.75, 3.05) is 18.1 Å². The molecule has 0 saturated carbocycles. The van der Waals surface area contributed by atoms with Gasteiger partial charge in [-0.2, -0.15) is 8.42 Å². The molecule has 2 aromatic carbocycles. The number of para-hydroxylation sites is 1. The van der Waals surface area contributed by atoms with Gasteiger partial charge in [-0.15, -0.1) is 0 Å². The number of halogens is 1. The summed E-state index contributed by atoms with van der Waals surface area (Å²) in [5, 5.41) is 0.674. The highest BCUT2D eigenvalue weighted by molar-refractivity contribution is 7.99. The van der Waals surface area contributed by atoms with Gasteiger partial charge in [0.15, 0.2) is 0 Å². The van der Waals surface area contributed by atoms with Gasteiger partial charge in [-0.1, -0.05) is 35.5 Å². The van der Waals surface area contributed by atoms with Gasteiger partial charge < -0.3 is 4.90 Å². The summed E-state index contributed by atoms with van der Waals surface area (Å²) < 4.78 is 34.1. The Morgan fingerprint density at radius 3 is 2.62 bits per heavy atom. The highest BCUT2D eigenvalue weighted by Gasteiger charge is 2.23. The number of anilines is 2. The monoisotopic (exact) mass is 385 g/mol. The maximum Gasteiger partial charge on any atom is 0.397 e. The molecule has 0 fully saturated rings. The molecule has 1 N–H and O–H groups in total. The average molecular weight is 386 g/mol. The number of fused-ring (bicyclic) bond motifs is 2. The summed E-state index contributed by atoms with van der Waals surface area (Å²) in [5.74, 6) is 0. The lowest BCUT2D eigenvalue weighted by atomic mass is 10.2. The molecule has 0 aliphatic carbocycles. The Morgan fingerprint density at radius 1 is 1.08 bits per heavy atom. The van der Waals surface area contributed by atoms with E-state index in [1.54, 1.807) is 11.8 Å². The highest BCUT2D eigenvalue weighted by atomic mass is 35.5. The first kappa shape index (κ1) is 17.6. The zero-order chi connectivity index (χ0) is 17.2. The minimum absolute atomic E-state index is 0.0362. The maximum absolute atomic E-state index is 10.6. The first-order valence-electron chi connectivity index (χ1n) is 7.40. The topological polar surface area (TPSA) is 66.8 Å². The molecule has 3 rings (SSSR count). The van der Waals surface area contributed by atoms with Crippen LogP contribution < -0.4 is 4.90 Å². The number of rotatable bonds is 6. The molecule has 1 aliphatic rings. The summed E-state index contributed by atoms with van der Waals surface area (Å²) in [4.78, 5) is 4.48. The first-order valence-corrected chi connectivity index (χ1v) is 9.96. The summed E-state index contributed by atoms with van der Waals surface area (Å²) in [5.41, 5.74) is 2.15. The van der Waals surface area contributed by atoms with Crippen LogP contribution in [0.1, 0.15) is 12.8 Å². The van der Waals surface area contributed by atoms with Crippen LogP contribution in [0.3, 0.4) is 0 Å². The summed E-state index contributed by atoms with van der Waals surface area (Å²) in [6.45, 7) is 0.658. The van der Waals surface area contributed by atoms with Crippen molar-refractivity contribution in [2.45, 2.75) is 22.6 Å². The van der Waals surface area contributed by atoms with Crippen molar-refractivity contribution in [1.82, 2.24) is 0 Å². The van der Waals surface area contributed by atoms with Crippen LogP contribution in [0, 0.1) is 0 Å². The van der Waals surface area contributed by atoms with E-state index in [1.165, 1.54) is 4.90 Å². The third kappa shape index (κ3) is 4.23. The zero-order valence-electron chi connectivity index (χ0n) is 12.7. The Kier molecular flexibility index (Phi) is 5.36. The molecule has 5 nitrogen and oxygen atoms in total. The Hall–Kier alpha value is -1.25. The fraction of sp³-hybridized carbons (Fsp3) is 0.250. The Labute approximate surface area is 150 Å². The van der Waals surface area contributed by atoms with Crippen molar-refractivity contribution in [2.24, 2.45) is 0 Å². The molecule has 1 aliphatic heterocycles. The molecular weight excluding hydrogens is 370 g/mol. The number of hydrogen-bond donors (Lipinski definition) is 1. The van der Waals surface area contributed by atoms with Crippen molar-refractivity contribution in [3.05, 3.63) is 47.5 Å². The van der Waals surface area contributed by atoms with Gasteiger partial charge in [0, 0.05) is 21.4 Å². The number of unbranched alkanes of at least 4 members (excludes halogenated alkanes) is 1. The molecule has 0 spiro atoms. The molecule has 128 valence electrons. The molecule has 1 heterocycles. The summed E-state index contributed by atoms with van der Waals surface area (Å²) >= 11 is 7.86. The normalized spacial score (nSPS) is 13.5. The Morgan fingerprint density at radius 2 is 1.83 bits per heavy atom. The zero-order valence-corrected chi connectivity index (χ0v) is 15.1. The minimum atomic E-state index is -4.37. The molecule has 0 aromatic heterocycles. The third-order valence-electron chi connectivity index (χ3n) is 3.60. The van der Waals surface area contributed by atoms with E-state index in [9.17, 15) is 8.42 Å². The lowest BCUT2D eigenvalue weighted by Gasteiger charge is -2.33. The molecular formula is C16H16ClNO4S2. The Balaban J connectivity index is 1.75. The van der Waals surface area contributed by atoms with Gasteiger partial charge in [0.05, 0.1) is 18.0 Å². The summed E-state index contributed by atoms with van der Waals surface area (Å²) in [6, 6.07) is 13.9. The van der Waals surface area contributed by atoms with Gasteiger partial charge in [-0.25, -0.2) is 4.18 Å². The first-order chi connectivity index (χ1) is 11.4. The van der Waals surface area contributed by atoms with Crippen molar-refractivity contribution in [3.63, 3.8) is 0 Å². The molecule has 0 bridgehead atoms. The van der Waals surface area contributed by atoms with E-state index in [0.717, 1.165) is 16.3 Å². The molecule has 2 aromatic rings. The van der Waals surface area contributed by atoms with Crippen LogP contribution >= 0.6 is 23.4 Å². The van der Waals surface area contributed by atoms with Gasteiger partial charge in [-0.3, -0.25) is 4.55 Å². The van der Waals surface area contributed by atoms with E-state index in [0.29, 0.717) is 24.4 Å². The van der Waals surface area contributed by atoms with Crippen molar-refractivity contribution in [3.8, 4) is 0 Å². The number of nitrogens with zero attached hydrogens (tertiary/aromatic N) is 1. The van der Waals surface area contributed by atoms with Crippen LogP contribution in [0.5, 0.6) is 0 Å². The molecule has 0 atom stereocenters. The van der Waals surface area contributed by atoms with E-state index < -0.39 is 10.4 Å². The Bertz CT molecular complexity index is 842. The van der Waals surface area contributed by atoms with E-state index in [2.05, 4.69) is 21.2 Å². The van der Waals surface area contributed by atoms with Gasteiger partial charge in [0.2, 0.25) is 0 Å². The van der Waals surface area contributed by atoms with E-state index >= 15 is 0 Å². The average Bonchev–Trinajstić information content (AvgIpc) is 2.53. The van der Waals surface area contributed by atoms with Gasteiger partial charge in [-0.05, 0) is 43.2 Å². The van der Waals surface area contributed by atoms with Gasteiger partial charge in [0.1, 0.15) is 0 Å². The largest absolute Gasteiger partial charge is 0.397 e. The van der Waals surface area contributed by atoms with Crippen LogP contribution in [-0.2, 0) is 14.6 Å². The van der Waals surface area contributed by atoms with Crippen LogP contribution in [0.15, 0.2) is 52.3 Å². The van der Waals surface area contributed by atoms with Crippen LogP contribution in [0.25, 0.3) is 0 Å². The molecule has 0 radical (unpaired) electrons. The fourth-order valence-electron chi connectivity index (χ4n) is 2.58. The summed E-state index contributed by atoms with van der Waals surface area (Å²) in [6.07, 6.45) is 1.22. The second-order valence-electron chi connectivity index (χ2n) is 5.29. The van der Waals surface area contributed by atoms with E-state index in [1.807, 2.05) is 30.3 Å².